The van der Waals surface area contributed by atoms with Gasteiger partial charge in [0.25, 0.3) is 0 Å². The van der Waals surface area contributed by atoms with Crippen LogP contribution in [0.25, 0.3) is 0 Å². The fraction of sp³-hybridized carbons (Fsp3) is 0.345. The van der Waals surface area contributed by atoms with E-state index in [1.54, 1.807) is 12.1 Å². The molecule has 1 heterocycles. The van der Waals surface area contributed by atoms with Crippen LogP contribution in [0, 0.1) is 12.7 Å². The van der Waals surface area contributed by atoms with Crippen LogP contribution in [0.15, 0.2) is 54.6 Å². The fourth-order valence-corrected chi connectivity index (χ4v) is 4.79. The van der Waals surface area contributed by atoms with E-state index in [0.717, 1.165) is 48.6 Å². The van der Waals surface area contributed by atoms with Gasteiger partial charge in [0, 0.05) is 30.9 Å². The molecule has 0 saturated carbocycles. The largest absolute Gasteiger partial charge is 0.491 e. The molecule has 196 valence electrons. The van der Waals surface area contributed by atoms with Gasteiger partial charge in [-0.05, 0) is 72.7 Å². The zero-order valence-corrected chi connectivity index (χ0v) is 20.7. The summed E-state index contributed by atoms with van der Waals surface area (Å²) in [4.78, 5) is 12.7. The zero-order valence-electron chi connectivity index (χ0n) is 20.7. The summed E-state index contributed by atoms with van der Waals surface area (Å²) in [6.07, 6.45) is -1.13. The van der Waals surface area contributed by atoms with Crippen molar-refractivity contribution in [3.63, 3.8) is 0 Å². The van der Waals surface area contributed by atoms with E-state index >= 15 is 0 Å². The van der Waals surface area contributed by atoms with Crippen LogP contribution >= 0.6 is 0 Å². The second-order valence-corrected chi connectivity index (χ2v) is 9.16. The van der Waals surface area contributed by atoms with Crippen molar-refractivity contribution in [2.75, 3.05) is 29.9 Å². The topological polar surface area (TPSA) is 41.6 Å². The molecule has 1 N–H and O–H groups in total. The van der Waals surface area contributed by atoms with Gasteiger partial charge in [0.1, 0.15) is 24.5 Å². The normalized spacial score (nSPS) is 13.3. The first-order valence-corrected chi connectivity index (χ1v) is 12.4. The number of anilines is 2. The van der Waals surface area contributed by atoms with Crippen LogP contribution in [-0.2, 0) is 30.4 Å². The molecule has 4 nitrogen and oxygen atoms in total. The van der Waals surface area contributed by atoms with Crippen molar-refractivity contribution in [1.82, 2.24) is 0 Å². The van der Waals surface area contributed by atoms with Crippen LogP contribution < -0.4 is 15.0 Å². The Morgan fingerprint density at radius 3 is 2.62 bits per heavy atom. The van der Waals surface area contributed by atoms with E-state index in [9.17, 15) is 22.4 Å². The van der Waals surface area contributed by atoms with E-state index in [2.05, 4.69) is 22.3 Å². The number of para-hydroxylation sites is 1. The highest BCUT2D eigenvalue weighted by molar-refractivity contribution is 5.64. The molecule has 0 aliphatic carbocycles. The van der Waals surface area contributed by atoms with Crippen LogP contribution in [0.3, 0.4) is 0 Å². The highest BCUT2D eigenvalue weighted by Gasteiger charge is 2.34. The molecule has 0 spiro atoms. The summed E-state index contributed by atoms with van der Waals surface area (Å²) in [6, 6.07) is 14.4. The number of aldehydes is 1. The number of halogens is 4. The molecular formula is C29H30F4N2O2. The maximum Gasteiger partial charge on any atom is 0.419 e. The monoisotopic (exact) mass is 514 g/mol. The molecule has 8 heteroatoms. The number of nitrogens with one attached hydrogen (secondary N) is 1. The van der Waals surface area contributed by atoms with Gasteiger partial charge in [0.05, 0.1) is 12.1 Å². The number of carbonyl (C=O) groups is 1. The number of ether oxygens (including phenoxy) is 1. The lowest BCUT2D eigenvalue weighted by Crippen LogP contribution is -2.34. The Balaban J connectivity index is 1.44. The SMILES string of the molecule is Cc1c(CNc2ccc(CCC=O)c(F)c2)ccc2c1N(CCOc1ccccc1C(F)(F)F)CCC2. The summed E-state index contributed by atoms with van der Waals surface area (Å²) in [7, 11) is 0. The molecular weight excluding hydrogens is 484 g/mol. The standard InChI is InChI=1S/C29H30F4N2O2/c1-20-23(19-34-24-13-12-21(7-5-16-36)26(30)18-24)11-10-22-6-4-14-35(28(20)22)15-17-37-27-9-3-2-8-25(27)29(31,32)33/h2-3,8-13,16,18,34H,4-7,14-15,17,19H2,1H3. The lowest BCUT2D eigenvalue weighted by atomic mass is 9.94. The Labute approximate surface area is 214 Å². The van der Waals surface area contributed by atoms with E-state index in [4.69, 9.17) is 4.74 Å². The summed E-state index contributed by atoms with van der Waals surface area (Å²) in [5.74, 6) is -0.501. The molecule has 37 heavy (non-hydrogen) atoms. The highest BCUT2D eigenvalue weighted by Crippen LogP contribution is 2.36. The Morgan fingerprint density at radius 1 is 1.08 bits per heavy atom. The predicted molar refractivity (Wildman–Crippen MR) is 137 cm³/mol. The number of rotatable bonds is 10. The molecule has 4 rings (SSSR count). The van der Waals surface area contributed by atoms with Crippen molar-refractivity contribution in [3.05, 3.63) is 88.2 Å². The number of hydrogen-bond donors (Lipinski definition) is 1. The minimum Gasteiger partial charge on any atom is -0.491 e. The first-order valence-electron chi connectivity index (χ1n) is 12.4. The number of carbonyl (C=O) groups excluding carboxylic acids is 1. The van der Waals surface area contributed by atoms with Crippen LogP contribution in [0.5, 0.6) is 5.75 Å². The van der Waals surface area contributed by atoms with Crippen LogP contribution in [0.4, 0.5) is 28.9 Å². The molecule has 3 aromatic rings. The predicted octanol–water partition coefficient (Wildman–Crippen LogP) is 6.73. The maximum atomic E-state index is 14.3. The van der Waals surface area contributed by atoms with Crippen molar-refractivity contribution in [3.8, 4) is 5.75 Å². The fourth-order valence-electron chi connectivity index (χ4n) is 4.79. The molecule has 0 saturated heterocycles. The number of benzene rings is 3. The molecule has 1 aliphatic heterocycles. The second kappa shape index (κ2) is 11.7. The molecule has 1 aliphatic rings. The summed E-state index contributed by atoms with van der Waals surface area (Å²) in [5, 5.41) is 3.27. The average Bonchev–Trinajstić information content (AvgIpc) is 2.87. The molecule has 0 amide bonds. The van der Waals surface area contributed by atoms with Gasteiger partial charge in [-0.3, -0.25) is 0 Å². The van der Waals surface area contributed by atoms with Crippen molar-refractivity contribution < 1.29 is 27.1 Å². The number of aryl methyl sites for hydroxylation is 2. The highest BCUT2D eigenvalue weighted by atomic mass is 19.4. The summed E-state index contributed by atoms with van der Waals surface area (Å²) in [6.45, 7) is 3.92. The molecule has 0 atom stereocenters. The van der Waals surface area contributed by atoms with E-state index in [1.165, 1.54) is 29.8 Å². The van der Waals surface area contributed by atoms with Gasteiger partial charge in [0.2, 0.25) is 0 Å². The summed E-state index contributed by atoms with van der Waals surface area (Å²) >= 11 is 0. The molecule has 0 radical (unpaired) electrons. The van der Waals surface area contributed by atoms with Crippen LogP contribution in [0.2, 0.25) is 0 Å². The molecule has 0 unspecified atom stereocenters. The third-order valence-corrected chi connectivity index (χ3v) is 6.70. The maximum absolute atomic E-state index is 14.3. The van der Waals surface area contributed by atoms with E-state index in [-0.39, 0.29) is 24.6 Å². The van der Waals surface area contributed by atoms with Gasteiger partial charge >= 0.3 is 6.18 Å². The van der Waals surface area contributed by atoms with Gasteiger partial charge < -0.3 is 19.7 Å². The average molecular weight is 515 g/mol. The Kier molecular flexibility index (Phi) is 8.36. The van der Waals surface area contributed by atoms with Crippen LogP contribution in [0.1, 0.15) is 40.7 Å². The van der Waals surface area contributed by atoms with Gasteiger partial charge in [-0.1, -0.05) is 30.3 Å². The third-order valence-electron chi connectivity index (χ3n) is 6.70. The quantitative estimate of drug-likeness (QED) is 0.241. The molecule has 0 fully saturated rings. The lowest BCUT2D eigenvalue weighted by Gasteiger charge is -2.34. The number of alkyl halides is 3. The van der Waals surface area contributed by atoms with Crippen molar-refractivity contribution >= 4 is 17.7 Å². The summed E-state index contributed by atoms with van der Waals surface area (Å²) in [5.41, 5.74) is 4.83. The molecule has 0 bridgehead atoms. The zero-order chi connectivity index (χ0) is 26.4. The van der Waals surface area contributed by atoms with Gasteiger partial charge in [-0.15, -0.1) is 0 Å². The first-order chi connectivity index (χ1) is 17.8. The minimum atomic E-state index is -4.47. The van der Waals surface area contributed by atoms with Gasteiger partial charge in [-0.2, -0.15) is 13.2 Å². The lowest BCUT2D eigenvalue weighted by molar-refractivity contribution is -0.138. The van der Waals surface area contributed by atoms with Crippen molar-refractivity contribution in [1.29, 1.82) is 0 Å². The smallest absolute Gasteiger partial charge is 0.419 e. The number of fused-ring (bicyclic) bond motifs is 1. The second-order valence-electron chi connectivity index (χ2n) is 9.16. The van der Waals surface area contributed by atoms with E-state index in [1.807, 2.05) is 6.92 Å². The Hall–Kier alpha value is -3.55. The molecule has 3 aromatic carbocycles. The van der Waals surface area contributed by atoms with E-state index in [0.29, 0.717) is 30.8 Å². The Bertz CT molecular complexity index is 1240. The minimum absolute atomic E-state index is 0.129. The third kappa shape index (κ3) is 6.42. The number of hydrogen-bond acceptors (Lipinski definition) is 4. The van der Waals surface area contributed by atoms with Gasteiger partial charge in [-0.25, -0.2) is 4.39 Å². The summed E-state index contributed by atoms with van der Waals surface area (Å²) < 4.78 is 59.8. The van der Waals surface area contributed by atoms with E-state index < -0.39 is 11.7 Å². The first kappa shape index (κ1) is 26.5. The van der Waals surface area contributed by atoms with Crippen molar-refractivity contribution in [2.24, 2.45) is 0 Å². The van der Waals surface area contributed by atoms with Gasteiger partial charge in [0.15, 0.2) is 0 Å². The molecule has 0 aromatic heterocycles. The number of nitrogens with zero attached hydrogens (tertiary/aromatic N) is 1. The van der Waals surface area contributed by atoms with Crippen LogP contribution in [-0.4, -0.2) is 26.0 Å². The van der Waals surface area contributed by atoms with Crippen molar-refractivity contribution in [2.45, 2.75) is 45.3 Å². The Morgan fingerprint density at radius 2 is 1.86 bits per heavy atom.